The normalized spacial score (nSPS) is 21.6. The number of nitrogens with one attached hydrogen (secondary N) is 2. The Labute approximate surface area is 139 Å². The van der Waals surface area contributed by atoms with Crippen molar-refractivity contribution in [2.45, 2.75) is 37.0 Å². The van der Waals surface area contributed by atoms with Crippen molar-refractivity contribution in [2.75, 3.05) is 11.1 Å². The molecule has 23 heavy (non-hydrogen) atoms. The van der Waals surface area contributed by atoms with Crippen molar-refractivity contribution < 1.29 is 9.53 Å². The summed E-state index contributed by atoms with van der Waals surface area (Å²) in [5, 5.41) is 9.90. The number of carbonyl (C=O) groups excluding carboxylic acids is 1. The molecule has 1 aliphatic heterocycles. The van der Waals surface area contributed by atoms with Gasteiger partial charge < -0.3 is 10.1 Å². The summed E-state index contributed by atoms with van der Waals surface area (Å²) in [5.41, 5.74) is 2.16. The topological polar surface area (TPSA) is 67.0 Å². The van der Waals surface area contributed by atoms with Crippen molar-refractivity contribution in [3.05, 3.63) is 41.6 Å². The molecular weight excluding hydrogens is 310 g/mol. The molecule has 6 heteroatoms. The third-order valence-electron chi connectivity index (χ3n) is 4.36. The number of amides is 1. The fraction of sp³-hybridized carbons (Fsp3) is 0.412. The van der Waals surface area contributed by atoms with E-state index in [1.807, 2.05) is 12.1 Å². The Morgan fingerprint density at radius 3 is 3.00 bits per heavy atom. The molecule has 1 fully saturated rings. The zero-order valence-corrected chi connectivity index (χ0v) is 13.6. The summed E-state index contributed by atoms with van der Waals surface area (Å²) in [7, 11) is 0. The maximum absolute atomic E-state index is 11.8. The van der Waals surface area contributed by atoms with Crippen molar-refractivity contribution in [3.63, 3.8) is 0 Å². The van der Waals surface area contributed by atoms with Crippen LogP contribution in [-0.2, 0) is 4.79 Å². The average Bonchev–Trinajstić information content (AvgIpc) is 3.18. The Balaban J connectivity index is 1.61. The second-order valence-corrected chi connectivity index (χ2v) is 7.13. The highest BCUT2D eigenvalue weighted by molar-refractivity contribution is 8.00. The number of hydrogen-bond acceptors (Lipinski definition) is 4. The fourth-order valence-corrected chi connectivity index (χ4v) is 4.33. The molecule has 5 nitrogen and oxygen atoms in total. The molecule has 2 N–H and O–H groups in total. The van der Waals surface area contributed by atoms with Crippen LogP contribution in [0.3, 0.4) is 0 Å². The standard InChI is InChI=1S/C17H19N3O2S/c21-15-10-23-16(14-9-18-20-17(14)19-15)11-4-3-7-13(8-11)22-12-5-1-2-6-12/h3-4,7-9,12,16H,1-2,5-6,10H2,(H2,18,19,20,21)/t16-/m1/s1. The first-order chi connectivity index (χ1) is 11.3. The van der Waals surface area contributed by atoms with Crippen molar-refractivity contribution >= 4 is 23.5 Å². The van der Waals surface area contributed by atoms with Gasteiger partial charge in [0.15, 0.2) is 0 Å². The number of fused-ring (bicyclic) bond motifs is 1. The number of anilines is 1. The van der Waals surface area contributed by atoms with Gasteiger partial charge in [-0.15, -0.1) is 11.8 Å². The van der Waals surface area contributed by atoms with E-state index in [0.717, 1.165) is 29.7 Å². The van der Waals surface area contributed by atoms with Crippen LogP contribution in [-0.4, -0.2) is 28.0 Å². The minimum Gasteiger partial charge on any atom is -0.490 e. The fourth-order valence-electron chi connectivity index (χ4n) is 3.24. The van der Waals surface area contributed by atoms with Gasteiger partial charge in [0.25, 0.3) is 0 Å². The molecule has 0 bridgehead atoms. The van der Waals surface area contributed by atoms with Crippen LogP contribution < -0.4 is 10.1 Å². The largest absolute Gasteiger partial charge is 0.490 e. The summed E-state index contributed by atoms with van der Waals surface area (Å²) in [6, 6.07) is 8.23. The van der Waals surface area contributed by atoms with Crippen LogP contribution in [0.15, 0.2) is 30.5 Å². The maximum Gasteiger partial charge on any atom is 0.235 e. The summed E-state index contributed by atoms with van der Waals surface area (Å²) in [4.78, 5) is 11.8. The summed E-state index contributed by atoms with van der Waals surface area (Å²) >= 11 is 1.62. The summed E-state index contributed by atoms with van der Waals surface area (Å²) in [6.07, 6.45) is 6.95. The Kier molecular flexibility index (Phi) is 3.99. The van der Waals surface area contributed by atoms with Gasteiger partial charge in [-0.3, -0.25) is 9.89 Å². The minimum atomic E-state index is 0.00126. The molecule has 120 valence electrons. The van der Waals surface area contributed by atoms with E-state index in [4.69, 9.17) is 4.74 Å². The quantitative estimate of drug-likeness (QED) is 0.904. The van der Waals surface area contributed by atoms with Gasteiger partial charge in [0, 0.05) is 5.56 Å². The number of aromatic amines is 1. The van der Waals surface area contributed by atoms with Crippen LogP contribution in [0.25, 0.3) is 0 Å². The predicted molar refractivity (Wildman–Crippen MR) is 90.8 cm³/mol. The van der Waals surface area contributed by atoms with Crippen molar-refractivity contribution in [3.8, 4) is 5.75 Å². The number of carbonyl (C=O) groups is 1. The van der Waals surface area contributed by atoms with Gasteiger partial charge in [0.1, 0.15) is 11.6 Å². The molecular formula is C17H19N3O2S. The predicted octanol–water partition coefficient (Wildman–Crippen LogP) is 3.51. The van der Waals surface area contributed by atoms with Crippen LogP contribution in [0.1, 0.15) is 42.1 Å². The second-order valence-electron chi connectivity index (χ2n) is 6.04. The third kappa shape index (κ3) is 3.08. The maximum atomic E-state index is 11.8. The molecule has 2 heterocycles. The molecule has 0 spiro atoms. The van der Waals surface area contributed by atoms with Crippen molar-refractivity contribution in [1.82, 2.24) is 10.2 Å². The second kappa shape index (κ2) is 6.28. The number of rotatable bonds is 3. The molecule has 4 rings (SSSR count). The lowest BCUT2D eigenvalue weighted by Gasteiger charge is -2.17. The number of benzene rings is 1. The van der Waals surface area contributed by atoms with Crippen LogP contribution >= 0.6 is 11.8 Å². The van der Waals surface area contributed by atoms with Gasteiger partial charge >= 0.3 is 0 Å². The smallest absolute Gasteiger partial charge is 0.235 e. The number of ether oxygens (including phenoxy) is 1. The highest BCUT2D eigenvalue weighted by Gasteiger charge is 2.26. The van der Waals surface area contributed by atoms with Gasteiger partial charge in [-0.1, -0.05) is 12.1 Å². The molecule has 0 radical (unpaired) electrons. The average molecular weight is 329 g/mol. The third-order valence-corrected chi connectivity index (χ3v) is 5.65. The van der Waals surface area contributed by atoms with Gasteiger partial charge in [-0.25, -0.2) is 0 Å². The number of hydrogen-bond donors (Lipinski definition) is 2. The number of nitrogens with zero attached hydrogens (tertiary/aromatic N) is 1. The number of thioether (sulfide) groups is 1. The molecule has 1 aliphatic carbocycles. The first-order valence-corrected chi connectivity index (χ1v) is 9.06. The van der Waals surface area contributed by atoms with Gasteiger partial charge in [-0.05, 0) is 43.4 Å². The van der Waals surface area contributed by atoms with E-state index in [1.165, 1.54) is 12.8 Å². The highest BCUT2D eigenvalue weighted by Crippen LogP contribution is 2.41. The Hall–Kier alpha value is -1.95. The summed E-state index contributed by atoms with van der Waals surface area (Å²) in [5.74, 6) is 2.05. The first-order valence-electron chi connectivity index (χ1n) is 8.01. The molecule has 1 aromatic carbocycles. The minimum absolute atomic E-state index is 0.00126. The zero-order valence-electron chi connectivity index (χ0n) is 12.7. The van der Waals surface area contributed by atoms with Crippen molar-refractivity contribution in [1.29, 1.82) is 0 Å². The molecule has 2 aromatic rings. The monoisotopic (exact) mass is 329 g/mol. The number of H-pyrrole nitrogens is 1. The Morgan fingerprint density at radius 2 is 2.13 bits per heavy atom. The van der Waals surface area contributed by atoms with Gasteiger partial charge in [0.2, 0.25) is 5.91 Å². The SMILES string of the molecule is O=C1CS[C@H](c2cccc(OC3CCCC3)c2)c2cn[nH]c2N1. The van der Waals surface area contributed by atoms with Crippen molar-refractivity contribution in [2.24, 2.45) is 0 Å². The number of aromatic nitrogens is 2. The van der Waals surface area contributed by atoms with E-state index in [1.54, 1.807) is 18.0 Å². The lowest BCUT2D eigenvalue weighted by Crippen LogP contribution is -2.12. The molecule has 0 saturated heterocycles. The lowest BCUT2D eigenvalue weighted by molar-refractivity contribution is -0.113. The van der Waals surface area contributed by atoms with Crippen LogP contribution in [0, 0.1) is 0 Å². The first kappa shape index (κ1) is 14.6. The van der Waals surface area contributed by atoms with E-state index >= 15 is 0 Å². The molecule has 1 atom stereocenters. The van der Waals surface area contributed by atoms with Gasteiger partial charge in [-0.2, -0.15) is 5.10 Å². The van der Waals surface area contributed by atoms with E-state index in [2.05, 4.69) is 27.6 Å². The Bertz CT molecular complexity index is 709. The molecule has 0 unspecified atom stereocenters. The zero-order chi connectivity index (χ0) is 15.6. The van der Waals surface area contributed by atoms with E-state index < -0.39 is 0 Å². The Morgan fingerprint density at radius 1 is 1.26 bits per heavy atom. The van der Waals surface area contributed by atoms with Crippen LogP contribution in [0.2, 0.25) is 0 Å². The highest BCUT2D eigenvalue weighted by atomic mass is 32.2. The lowest BCUT2D eigenvalue weighted by atomic mass is 10.1. The molecule has 1 aromatic heterocycles. The van der Waals surface area contributed by atoms with E-state index in [9.17, 15) is 4.79 Å². The molecule has 1 saturated carbocycles. The van der Waals surface area contributed by atoms with Crippen LogP contribution in [0.5, 0.6) is 5.75 Å². The molecule has 1 amide bonds. The van der Waals surface area contributed by atoms with Gasteiger partial charge in [0.05, 0.1) is 23.3 Å². The van der Waals surface area contributed by atoms with E-state index in [-0.39, 0.29) is 11.2 Å². The summed E-state index contributed by atoms with van der Waals surface area (Å²) in [6.45, 7) is 0. The summed E-state index contributed by atoms with van der Waals surface area (Å²) < 4.78 is 6.11. The van der Waals surface area contributed by atoms with E-state index in [0.29, 0.717) is 17.7 Å². The molecule has 2 aliphatic rings. The van der Waals surface area contributed by atoms with Crippen LogP contribution in [0.4, 0.5) is 5.82 Å².